The van der Waals surface area contributed by atoms with Gasteiger partial charge in [-0.2, -0.15) is 0 Å². The molecule has 30 heavy (non-hydrogen) atoms. The van der Waals surface area contributed by atoms with Crippen LogP contribution in [-0.2, 0) is 4.79 Å². The van der Waals surface area contributed by atoms with E-state index in [2.05, 4.69) is 15.2 Å². The van der Waals surface area contributed by atoms with Crippen molar-refractivity contribution in [3.05, 3.63) is 59.8 Å². The average Bonchev–Trinajstić information content (AvgIpc) is 3.51. The standard InChI is InChI=1S/C22H20N4O4/c1-13-18(15-5-2-3-6-16(15)23-13)19(27)22(28)26-10-8-14(9-11-26)20-24-25-21(30-20)17-7-4-12-29-17/h2-7,12,14,23H,8-11H2,1H3. The molecule has 152 valence electrons. The van der Waals surface area contributed by atoms with E-state index < -0.39 is 11.7 Å². The van der Waals surface area contributed by atoms with Crippen LogP contribution in [0.1, 0.15) is 40.7 Å². The van der Waals surface area contributed by atoms with Crippen LogP contribution in [0.4, 0.5) is 0 Å². The predicted molar refractivity (Wildman–Crippen MR) is 108 cm³/mol. The first kappa shape index (κ1) is 18.4. The summed E-state index contributed by atoms with van der Waals surface area (Å²) in [7, 11) is 0. The number of rotatable bonds is 4. The molecule has 1 aromatic carbocycles. The average molecular weight is 404 g/mol. The summed E-state index contributed by atoms with van der Waals surface area (Å²) >= 11 is 0. The van der Waals surface area contributed by atoms with Crippen LogP contribution in [0.3, 0.4) is 0 Å². The van der Waals surface area contributed by atoms with Gasteiger partial charge in [-0.3, -0.25) is 9.59 Å². The van der Waals surface area contributed by atoms with Crippen LogP contribution in [0.5, 0.6) is 0 Å². The summed E-state index contributed by atoms with van der Waals surface area (Å²) in [4.78, 5) is 30.7. The first-order valence-corrected chi connectivity index (χ1v) is 9.90. The molecular weight excluding hydrogens is 384 g/mol. The molecule has 0 aliphatic carbocycles. The van der Waals surface area contributed by atoms with E-state index in [-0.39, 0.29) is 5.92 Å². The van der Waals surface area contributed by atoms with Gasteiger partial charge in [0, 0.05) is 35.6 Å². The first-order chi connectivity index (χ1) is 14.6. The Bertz CT molecular complexity index is 1210. The Morgan fingerprint density at radius 3 is 2.67 bits per heavy atom. The second-order valence-electron chi connectivity index (χ2n) is 7.49. The van der Waals surface area contributed by atoms with Crippen LogP contribution in [0.25, 0.3) is 22.6 Å². The minimum atomic E-state index is -0.471. The Morgan fingerprint density at radius 1 is 1.10 bits per heavy atom. The van der Waals surface area contributed by atoms with E-state index in [0.717, 1.165) is 10.9 Å². The van der Waals surface area contributed by atoms with Gasteiger partial charge < -0.3 is 18.7 Å². The van der Waals surface area contributed by atoms with E-state index in [1.807, 2.05) is 31.2 Å². The number of likely N-dealkylation sites (tertiary alicyclic amines) is 1. The van der Waals surface area contributed by atoms with Crippen LogP contribution >= 0.6 is 0 Å². The van der Waals surface area contributed by atoms with Crippen LogP contribution in [0.15, 0.2) is 51.5 Å². The number of aromatic amines is 1. The van der Waals surface area contributed by atoms with Gasteiger partial charge in [0.15, 0.2) is 5.76 Å². The number of Topliss-reactive ketones (excluding diaryl/α,β-unsaturated/α-hetero) is 1. The van der Waals surface area contributed by atoms with E-state index in [1.165, 1.54) is 0 Å². The van der Waals surface area contributed by atoms with Crippen molar-refractivity contribution >= 4 is 22.6 Å². The fourth-order valence-corrected chi connectivity index (χ4v) is 4.05. The number of fused-ring (bicyclic) bond motifs is 1. The maximum Gasteiger partial charge on any atom is 0.295 e. The minimum absolute atomic E-state index is 0.0511. The first-order valence-electron chi connectivity index (χ1n) is 9.90. The molecule has 1 amide bonds. The molecule has 1 aliphatic rings. The van der Waals surface area contributed by atoms with Crippen molar-refractivity contribution < 1.29 is 18.4 Å². The number of ketones is 1. The molecule has 0 spiro atoms. The highest BCUT2D eigenvalue weighted by atomic mass is 16.4. The number of carbonyl (C=O) groups is 2. The number of aromatic nitrogens is 3. The van der Waals surface area contributed by atoms with Crippen molar-refractivity contribution in [2.24, 2.45) is 0 Å². The lowest BCUT2D eigenvalue weighted by molar-refractivity contribution is -0.127. The Hall–Kier alpha value is -3.68. The predicted octanol–water partition coefficient (Wildman–Crippen LogP) is 3.71. The number of hydrogen-bond acceptors (Lipinski definition) is 6. The van der Waals surface area contributed by atoms with Gasteiger partial charge in [-0.25, -0.2) is 0 Å². The molecule has 4 heterocycles. The van der Waals surface area contributed by atoms with E-state index in [4.69, 9.17) is 8.83 Å². The SMILES string of the molecule is Cc1[nH]c2ccccc2c1C(=O)C(=O)N1CCC(c2nnc(-c3ccco3)o2)CC1. The second kappa shape index (κ2) is 7.29. The molecule has 0 atom stereocenters. The highest BCUT2D eigenvalue weighted by molar-refractivity contribution is 6.45. The number of nitrogens with one attached hydrogen (secondary N) is 1. The molecule has 0 radical (unpaired) electrons. The highest BCUT2D eigenvalue weighted by Crippen LogP contribution is 2.30. The van der Waals surface area contributed by atoms with E-state index in [1.54, 1.807) is 23.3 Å². The van der Waals surface area contributed by atoms with Crippen LogP contribution in [0, 0.1) is 6.92 Å². The van der Waals surface area contributed by atoms with Crippen molar-refractivity contribution in [2.45, 2.75) is 25.7 Å². The van der Waals surface area contributed by atoms with E-state index >= 15 is 0 Å². The van der Waals surface area contributed by atoms with Gasteiger partial charge in [-0.1, -0.05) is 18.2 Å². The number of nitrogens with zero attached hydrogens (tertiary/aromatic N) is 3. The second-order valence-corrected chi connectivity index (χ2v) is 7.49. The number of aryl methyl sites for hydroxylation is 1. The molecule has 8 nitrogen and oxygen atoms in total. The molecule has 1 N–H and O–H groups in total. The van der Waals surface area contributed by atoms with Gasteiger partial charge in [-0.15, -0.1) is 10.2 Å². The Kier molecular flexibility index (Phi) is 4.46. The lowest BCUT2D eigenvalue weighted by atomic mass is 9.96. The third kappa shape index (κ3) is 3.10. The lowest BCUT2D eigenvalue weighted by Crippen LogP contribution is -2.41. The number of piperidine rings is 1. The van der Waals surface area contributed by atoms with Crippen LogP contribution in [0.2, 0.25) is 0 Å². The zero-order chi connectivity index (χ0) is 20.7. The van der Waals surface area contributed by atoms with E-state index in [0.29, 0.717) is 54.7 Å². The van der Waals surface area contributed by atoms with Crippen LogP contribution in [-0.4, -0.2) is 44.9 Å². The third-order valence-corrected chi connectivity index (χ3v) is 5.62. The zero-order valence-electron chi connectivity index (χ0n) is 16.4. The molecule has 4 aromatic rings. The van der Waals surface area contributed by atoms with Crippen molar-refractivity contribution in [3.8, 4) is 11.7 Å². The molecule has 0 saturated carbocycles. The van der Waals surface area contributed by atoms with Crippen molar-refractivity contribution in [3.63, 3.8) is 0 Å². The Labute approximate surface area is 171 Å². The summed E-state index contributed by atoms with van der Waals surface area (Å²) in [6.07, 6.45) is 2.87. The fraction of sp³-hybridized carbons (Fsp3) is 0.273. The number of H-pyrrole nitrogens is 1. The van der Waals surface area contributed by atoms with Crippen molar-refractivity contribution in [2.75, 3.05) is 13.1 Å². The number of furan rings is 1. The number of para-hydroxylation sites is 1. The van der Waals surface area contributed by atoms with Gasteiger partial charge in [0.25, 0.3) is 17.6 Å². The quantitative estimate of drug-likeness (QED) is 0.411. The van der Waals surface area contributed by atoms with Gasteiger partial charge in [0.2, 0.25) is 5.89 Å². The van der Waals surface area contributed by atoms with Crippen molar-refractivity contribution in [1.82, 2.24) is 20.1 Å². The summed E-state index contributed by atoms with van der Waals surface area (Å²) in [6.45, 7) is 2.75. The molecule has 3 aromatic heterocycles. The normalized spacial score (nSPS) is 15.0. The van der Waals surface area contributed by atoms with Crippen molar-refractivity contribution in [1.29, 1.82) is 0 Å². The van der Waals surface area contributed by atoms with Gasteiger partial charge in [0.05, 0.1) is 11.8 Å². The lowest BCUT2D eigenvalue weighted by Gasteiger charge is -2.29. The molecule has 1 saturated heterocycles. The number of carbonyl (C=O) groups excluding carboxylic acids is 2. The maximum absolute atomic E-state index is 13.0. The molecule has 0 bridgehead atoms. The minimum Gasteiger partial charge on any atom is -0.459 e. The monoisotopic (exact) mass is 404 g/mol. The van der Waals surface area contributed by atoms with Crippen LogP contribution < -0.4 is 0 Å². The summed E-state index contributed by atoms with van der Waals surface area (Å²) in [5.74, 6) is 0.520. The number of benzene rings is 1. The summed E-state index contributed by atoms with van der Waals surface area (Å²) in [6, 6.07) is 11.0. The molecule has 8 heteroatoms. The molecule has 1 aliphatic heterocycles. The number of amides is 1. The smallest absolute Gasteiger partial charge is 0.295 e. The maximum atomic E-state index is 13.0. The fourth-order valence-electron chi connectivity index (χ4n) is 4.05. The Balaban J connectivity index is 1.28. The molecular formula is C22H20N4O4. The topological polar surface area (TPSA) is 105 Å². The Morgan fingerprint density at radius 2 is 1.90 bits per heavy atom. The van der Waals surface area contributed by atoms with Gasteiger partial charge in [-0.05, 0) is 38.0 Å². The molecule has 0 unspecified atom stereocenters. The highest BCUT2D eigenvalue weighted by Gasteiger charge is 2.32. The summed E-state index contributed by atoms with van der Waals surface area (Å²) in [5.41, 5.74) is 2.02. The molecule has 1 fully saturated rings. The summed E-state index contributed by atoms with van der Waals surface area (Å²) < 4.78 is 11.0. The van der Waals surface area contributed by atoms with E-state index in [9.17, 15) is 9.59 Å². The number of hydrogen-bond donors (Lipinski definition) is 1. The molecule has 5 rings (SSSR count). The zero-order valence-corrected chi connectivity index (χ0v) is 16.4. The largest absolute Gasteiger partial charge is 0.459 e. The van der Waals surface area contributed by atoms with Gasteiger partial charge >= 0.3 is 0 Å². The van der Waals surface area contributed by atoms with Gasteiger partial charge in [0.1, 0.15) is 0 Å². The third-order valence-electron chi connectivity index (χ3n) is 5.62. The summed E-state index contributed by atoms with van der Waals surface area (Å²) in [5, 5.41) is 8.95.